The molecule has 4 aromatic rings. The molecule has 0 aliphatic carbocycles. The molecule has 0 aliphatic heterocycles. The van der Waals surface area contributed by atoms with Crippen LogP contribution >= 0.6 is 11.6 Å². The van der Waals surface area contributed by atoms with Gasteiger partial charge < -0.3 is 20.1 Å². The van der Waals surface area contributed by atoms with Crippen LogP contribution in [0.15, 0.2) is 96.0 Å². The van der Waals surface area contributed by atoms with E-state index >= 15 is 0 Å². The molecular weight excluding hydrogens is 476 g/mol. The molecule has 36 heavy (non-hydrogen) atoms. The van der Waals surface area contributed by atoms with E-state index in [0.29, 0.717) is 23.7 Å². The van der Waals surface area contributed by atoms with Crippen LogP contribution in [0.25, 0.3) is 22.5 Å². The lowest BCUT2D eigenvalue weighted by molar-refractivity contribution is -0.120. The quantitative estimate of drug-likeness (QED) is 0.169. The third kappa shape index (κ3) is 6.33. The highest BCUT2D eigenvalue weighted by molar-refractivity contribution is 6.33. The van der Waals surface area contributed by atoms with E-state index in [9.17, 15) is 4.79 Å². The Bertz CT molecular complexity index is 1330. The fourth-order valence-electron chi connectivity index (χ4n) is 3.75. The van der Waals surface area contributed by atoms with Gasteiger partial charge in [-0.25, -0.2) is 0 Å². The molecule has 0 atom stereocenters. The second-order valence-corrected chi connectivity index (χ2v) is 8.41. The van der Waals surface area contributed by atoms with Gasteiger partial charge in [0.05, 0.1) is 5.69 Å². The molecule has 1 heterocycles. The minimum atomic E-state index is -0.324. The molecule has 3 aromatic carbocycles. The molecule has 4 N–H and O–H groups in total. The monoisotopic (exact) mass is 502 g/mol. The molecule has 8 heteroatoms. The van der Waals surface area contributed by atoms with E-state index in [0.717, 1.165) is 28.3 Å². The SMILES string of the molecule is NC(=NCCCO)NC(=O)Cn1c(-c2ccc(Oc3ccccc3)cc2)ccc1-c1ccccc1Cl. The Morgan fingerprint density at radius 2 is 1.58 bits per heavy atom. The summed E-state index contributed by atoms with van der Waals surface area (Å²) in [6.45, 7) is 0.342. The van der Waals surface area contributed by atoms with Crippen molar-refractivity contribution in [1.29, 1.82) is 0 Å². The van der Waals surface area contributed by atoms with Gasteiger partial charge in [-0.3, -0.25) is 15.1 Å². The molecule has 7 nitrogen and oxygen atoms in total. The first-order chi connectivity index (χ1) is 17.5. The average molecular weight is 503 g/mol. The summed E-state index contributed by atoms with van der Waals surface area (Å²) in [5.74, 6) is 1.16. The lowest BCUT2D eigenvalue weighted by Gasteiger charge is -2.15. The lowest BCUT2D eigenvalue weighted by atomic mass is 10.1. The Kier molecular flexibility index (Phi) is 8.39. The number of carbonyl (C=O) groups excluding carboxylic acids is 1. The topological polar surface area (TPSA) is 102 Å². The number of nitrogens with zero attached hydrogens (tertiary/aromatic N) is 2. The number of nitrogens with two attached hydrogens (primary N) is 1. The van der Waals surface area contributed by atoms with Gasteiger partial charge in [-0.1, -0.05) is 48.0 Å². The van der Waals surface area contributed by atoms with Gasteiger partial charge in [0.15, 0.2) is 5.96 Å². The first kappa shape index (κ1) is 25.0. The molecule has 0 aliphatic rings. The van der Waals surface area contributed by atoms with Crippen LogP contribution in [-0.4, -0.2) is 34.7 Å². The zero-order chi connectivity index (χ0) is 25.3. The van der Waals surface area contributed by atoms with Crippen molar-refractivity contribution in [1.82, 2.24) is 9.88 Å². The van der Waals surface area contributed by atoms with Crippen LogP contribution in [-0.2, 0) is 11.3 Å². The van der Waals surface area contributed by atoms with Gasteiger partial charge in [0.25, 0.3) is 0 Å². The van der Waals surface area contributed by atoms with Gasteiger partial charge >= 0.3 is 0 Å². The summed E-state index contributed by atoms with van der Waals surface area (Å²) in [5.41, 5.74) is 9.19. The van der Waals surface area contributed by atoms with E-state index < -0.39 is 0 Å². The van der Waals surface area contributed by atoms with Gasteiger partial charge in [0.1, 0.15) is 18.0 Å². The maximum absolute atomic E-state index is 12.9. The number of halogens is 1. The summed E-state index contributed by atoms with van der Waals surface area (Å²) in [7, 11) is 0. The number of aliphatic imine (C=N–C) groups is 1. The Hall–Kier alpha value is -4.07. The number of carbonyl (C=O) groups is 1. The van der Waals surface area contributed by atoms with Crippen LogP contribution < -0.4 is 15.8 Å². The molecule has 0 saturated heterocycles. The molecule has 0 radical (unpaired) electrons. The molecule has 0 spiro atoms. The Balaban J connectivity index is 1.62. The second-order valence-electron chi connectivity index (χ2n) is 8.00. The number of aliphatic hydroxyl groups is 1. The molecule has 0 bridgehead atoms. The number of aromatic nitrogens is 1. The van der Waals surface area contributed by atoms with Gasteiger partial charge in [0, 0.05) is 29.4 Å². The molecule has 184 valence electrons. The van der Waals surface area contributed by atoms with Crippen molar-refractivity contribution in [2.75, 3.05) is 13.2 Å². The first-order valence-electron chi connectivity index (χ1n) is 11.5. The second kappa shape index (κ2) is 12.1. The van der Waals surface area contributed by atoms with Gasteiger partial charge in [0.2, 0.25) is 5.91 Å². The van der Waals surface area contributed by atoms with Crippen molar-refractivity contribution >= 4 is 23.5 Å². The van der Waals surface area contributed by atoms with Crippen molar-refractivity contribution in [3.8, 4) is 34.0 Å². The summed E-state index contributed by atoms with van der Waals surface area (Å²) < 4.78 is 7.80. The predicted octanol–water partition coefficient (Wildman–Crippen LogP) is 5.08. The predicted molar refractivity (Wildman–Crippen MR) is 143 cm³/mol. The summed E-state index contributed by atoms with van der Waals surface area (Å²) in [5, 5.41) is 12.1. The van der Waals surface area contributed by atoms with Gasteiger partial charge in [-0.15, -0.1) is 0 Å². The number of ether oxygens (including phenoxy) is 1. The Morgan fingerprint density at radius 1 is 0.917 bits per heavy atom. The van der Waals surface area contributed by atoms with E-state index in [1.54, 1.807) is 0 Å². The first-order valence-corrected chi connectivity index (χ1v) is 11.9. The van der Waals surface area contributed by atoms with Crippen LogP contribution in [0.5, 0.6) is 11.5 Å². The number of amides is 1. The van der Waals surface area contributed by atoms with Crippen molar-refractivity contribution in [2.45, 2.75) is 13.0 Å². The molecule has 0 fully saturated rings. The van der Waals surface area contributed by atoms with E-state index in [4.69, 9.17) is 27.2 Å². The third-order valence-electron chi connectivity index (χ3n) is 5.43. The van der Waals surface area contributed by atoms with Crippen LogP contribution in [0.4, 0.5) is 0 Å². The molecule has 0 saturated carbocycles. The minimum Gasteiger partial charge on any atom is -0.457 e. The van der Waals surface area contributed by atoms with Crippen LogP contribution in [0, 0.1) is 0 Å². The zero-order valence-electron chi connectivity index (χ0n) is 19.6. The summed E-state index contributed by atoms with van der Waals surface area (Å²) in [6, 6.07) is 28.6. The fourth-order valence-corrected chi connectivity index (χ4v) is 3.98. The van der Waals surface area contributed by atoms with Crippen molar-refractivity contribution in [2.24, 2.45) is 10.7 Å². The van der Waals surface area contributed by atoms with Crippen molar-refractivity contribution < 1.29 is 14.6 Å². The number of hydrogen-bond acceptors (Lipinski definition) is 4. The molecule has 1 aromatic heterocycles. The van der Waals surface area contributed by atoms with Gasteiger partial charge in [-0.05, 0) is 66.6 Å². The lowest BCUT2D eigenvalue weighted by Crippen LogP contribution is -2.39. The van der Waals surface area contributed by atoms with E-state index in [1.165, 1.54) is 0 Å². The number of benzene rings is 3. The fraction of sp³-hybridized carbons (Fsp3) is 0.143. The highest BCUT2D eigenvalue weighted by Crippen LogP contribution is 2.34. The molecule has 0 unspecified atom stereocenters. The van der Waals surface area contributed by atoms with Crippen LogP contribution in [0.2, 0.25) is 5.02 Å². The number of nitrogens with one attached hydrogen (secondary N) is 1. The largest absolute Gasteiger partial charge is 0.457 e. The highest BCUT2D eigenvalue weighted by atomic mass is 35.5. The summed E-state index contributed by atoms with van der Waals surface area (Å²) >= 11 is 6.49. The van der Waals surface area contributed by atoms with Gasteiger partial charge in [-0.2, -0.15) is 0 Å². The Labute approximate surface area is 214 Å². The maximum atomic E-state index is 12.9. The normalized spacial score (nSPS) is 11.3. The van der Waals surface area contributed by atoms with E-state index in [2.05, 4.69) is 10.3 Å². The maximum Gasteiger partial charge on any atom is 0.246 e. The third-order valence-corrected chi connectivity index (χ3v) is 5.76. The highest BCUT2D eigenvalue weighted by Gasteiger charge is 2.17. The van der Waals surface area contributed by atoms with Crippen molar-refractivity contribution in [3.63, 3.8) is 0 Å². The molecule has 4 rings (SSSR count). The van der Waals surface area contributed by atoms with Crippen LogP contribution in [0.1, 0.15) is 6.42 Å². The standard InChI is InChI=1S/C28H27ClN4O3/c29-24-10-5-4-9-23(24)26-16-15-25(33(26)19-27(35)32-28(30)31-17-6-18-34)20-11-13-22(14-12-20)36-21-7-2-1-3-8-21/h1-5,7-16,34H,6,17-19H2,(H3,30,31,32,35). The summed E-state index contributed by atoms with van der Waals surface area (Å²) in [6.07, 6.45) is 0.471. The summed E-state index contributed by atoms with van der Waals surface area (Å²) in [4.78, 5) is 16.9. The number of hydrogen-bond donors (Lipinski definition) is 3. The average Bonchev–Trinajstić information content (AvgIpc) is 3.28. The molecule has 1 amide bonds. The molecular formula is C28H27ClN4O3. The zero-order valence-corrected chi connectivity index (χ0v) is 20.4. The minimum absolute atomic E-state index is 0.00137. The van der Waals surface area contributed by atoms with Crippen molar-refractivity contribution in [3.05, 3.63) is 96.0 Å². The van der Waals surface area contributed by atoms with Crippen LogP contribution in [0.3, 0.4) is 0 Å². The smallest absolute Gasteiger partial charge is 0.246 e. The number of aliphatic hydroxyl groups excluding tert-OH is 1. The Morgan fingerprint density at radius 3 is 2.31 bits per heavy atom. The van der Waals surface area contributed by atoms with E-state index in [-0.39, 0.29) is 25.0 Å². The number of rotatable bonds is 9. The van der Waals surface area contributed by atoms with E-state index in [1.807, 2.05) is 95.6 Å². The number of guanidine groups is 1. The number of para-hydroxylation sites is 1.